The predicted octanol–water partition coefficient (Wildman–Crippen LogP) is 3.97. The molecular formula is C18H17FO4S. The lowest BCUT2D eigenvalue weighted by Gasteiger charge is -2.09. The van der Waals surface area contributed by atoms with Crippen molar-refractivity contribution in [1.82, 2.24) is 0 Å². The molecule has 0 atom stereocenters. The lowest BCUT2D eigenvalue weighted by molar-refractivity contribution is 0.102. The van der Waals surface area contributed by atoms with E-state index in [0.717, 1.165) is 17.1 Å². The Balaban J connectivity index is 1.66. The summed E-state index contributed by atoms with van der Waals surface area (Å²) in [5.41, 5.74) is 0.329. The second-order valence-corrected chi connectivity index (χ2v) is 6.27. The van der Waals surface area contributed by atoms with Crippen LogP contribution in [0.15, 0.2) is 41.3 Å². The number of carbonyl (C=O) groups excluding carboxylic acids is 1. The van der Waals surface area contributed by atoms with E-state index in [1.54, 1.807) is 6.07 Å². The van der Waals surface area contributed by atoms with Crippen LogP contribution >= 0.6 is 11.8 Å². The van der Waals surface area contributed by atoms with Crippen LogP contribution in [0.2, 0.25) is 0 Å². The number of Topliss-reactive ketones (excluding diaryl/α,β-unsaturated/α-hetero) is 1. The molecule has 1 aliphatic heterocycles. The summed E-state index contributed by atoms with van der Waals surface area (Å²) in [7, 11) is 1.39. The van der Waals surface area contributed by atoms with Crippen molar-refractivity contribution in [1.29, 1.82) is 0 Å². The van der Waals surface area contributed by atoms with Gasteiger partial charge in [-0.2, -0.15) is 0 Å². The maximum Gasteiger partial charge on any atom is 0.173 e. The standard InChI is InChI=1S/C18H17FO4S/c1-21-16-5-3-12(9-14(16)19)15(20)11-24-13-4-6-17-18(10-13)23-8-2-7-22-17/h3-6,9-10H,2,7-8,11H2,1H3. The molecule has 4 nitrogen and oxygen atoms in total. The first-order chi connectivity index (χ1) is 11.7. The Bertz CT molecular complexity index is 748. The number of benzene rings is 2. The number of ether oxygens (including phenoxy) is 3. The smallest absolute Gasteiger partial charge is 0.173 e. The molecule has 0 fully saturated rings. The molecule has 0 radical (unpaired) electrons. The molecule has 0 amide bonds. The molecule has 0 unspecified atom stereocenters. The van der Waals surface area contributed by atoms with Gasteiger partial charge in [-0.05, 0) is 36.4 Å². The van der Waals surface area contributed by atoms with Crippen LogP contribution in [0, 0.1) is 5.82 Å². The number of hydrogen-bond acceptors (Lipinski definition) is 5. The van der Waals surface area contributed by atoms with Crippen molar-refractivity contribution in [3.63, 3.8) is 0 Å². The molecule has 3 rings (SSSR count). The van der Waals surface area contributed by atoms with Gasteiger partial charge in [-0.1, -0.05) is 0 Å². The van der Waals surface area contributed by atoms with Crippen molar-refractivity contribution in [2.75, 3.05) is 26.1 Å². The number of methoxy groups -OCH3 is 1. The number of hydrogen-bond donors (Lipinski definition) is 0. The van der Waals surface area contributed by atoms with Crippen molar-refractivity contribution in [3.8, 4) is 17.2 Å². The summed E-state index contributed by atoms with van der Waals surface area (Å²) in [5, 5.41) is 0. The summed E-state index contributed by atoms with van der Waals surface area (Å²) < 4.78 is 29.8. The SMILES string of the molecule is COc1ccc(C(=O)CSc2ccc3c(c2)OCCCO3)cc1F. The molecule has 2 aromatic rings. The van der Waals surface area contributed by atoms with Crippen molar-refractivity contribution >= 4 is 17.5 Å². The molecule has 24 heavy (non-hydrogen) atoms. The van der Waals surface area contributed by atoms with Gasteiger partial charge in [0.05, 0.1) is 26.1 Å². The number of ketones is 1. The molecule has 1 aliphatic rings. The van der Waals surface area contributed by atoms with Crippen LogP contribution in [-0.4, -0.2) is 31.9 Å². The summed E-state index contributed by atoms with van der Waals surface area (Å²) in [6.45, 7) is 1.26. The van der Waals surface area contributed by atoms with Gasteiger partial charge in [0.1, 0.15) is 0 Å². The third-order valence-corrected chi connectivity index (χ3v) is 4.56. The number of fused-ring (bicyclic) bond motifs is 1. The molecule has 0 saturated heterocycles. The maximum absolute atomic E-state index is 13.7. The zero-order valence-corrected chi connectivity index (χ0v) is 14.0. The number of rotatable bonds is 5. The van der Waals surface area contributed by atoms with E-state index < -0.39 is 5.82 Å². The van der Waals surface area contributed by atoms with Gasteiger partial charge < -0.3 is 14.2 Å². The van der Waals surface area contributed by atoms with E-state index in [2.05, 4.69) is 0 Å². The number of halogens is 1. The first-order valence-electron chi connectivity index (χ1n) is 7.56. The highest BCUT2D eigenvalue weighted by molar-refractivity contribution is 8.00. The Kier molecular flexibility index (Phi) is 5.25. The second-order valence-electron chi connectivity index (χ2n) is 5.22. The Hall–Kier alpha value is -2.21. The molecule has 1 heterocycles. The Morgan fingerprint density at radius 2 is 1.96 bits per heavy atom. The lowest BCUT2D eigenvalue weighted by Crippen LogP contribution is -2.03. The van der Waals surface area contributed by atoms with E-state index in [9.17, 15) is 9.18 Å². The quantitative estimate of drug-likeness (QED) is 0.604. The predicted molar refractivity (Wildman–Crippen MR) is 90.1 cm³/mol. The van der Waals surface area contributed by atoms with Gasteiger partial charge in [0, 0.05) is 16.9 Å². The molecule has 6 heteroatoms. The van der Waals surface area contributed by atoms with Gasteiger partial charge in [-0.15, -0.1) is 11.8 Å². The van der Waals surface area contributed by atoms with Crippen LogP contribution in [-0.2, 0) is 0 Å². The second kappa shape index (κ2) is 7.57. The van der Waals surface area contributed by atoms with E-state index in [1.807, 2.05) is 18.2 Å². The van der Waals surface area contributed by atoms with E-state index >= 15 is 0 Å². The van der Waals surface area contributed by atoms with E-state index in [-0.39, 0.29) is 17.3 Å². The first-order valence-corrected chi connectivity index (χ1v) is 8.55. The van der Waals surface area contributed by atoms with Crippen LogP contribution < -0.4 is 14.2 Å². The van der Waals surface area contributed by atoms with Crippen LogP contribution in [0.4, 0.5) is 4.39 Å². The maximum atomic E-state index is 13.7. The summed E-state index contributed by atoms with van der Waals surface area (Å²) in [4.78, 5) is 13.1. The van der Waals surface area contributed by atoms with Gasteiger partial charge in [0.15, 0.2) is 28.8 Å². The number of carbonyl (C=O) groups is 1. The largest absolute Gasteiger partial charge is 0.494 e. The monoisotopic (exact) mass is 348 g/mol. The molecule has 0 aliphatic carbocycles. The first kappa shape index (κ1) is 16.6. The van der Waals surface area contributed by atoms with Gasteiger partial charge in [-0.3, -0.25) is 4.79 Å². The Labute approximate surface area is 143 Å². The number of thioether (sulfide) groups is 1. The Morgan fingerprint density at radius 3 is 2.71 bits per heavy atom. The zero-order valence-electron chi connectivity index (χ0n) is 13.2. The van der Waals surface area contributed by atoms with Crippen LogP contribution in [0.25, 0.3) is 0 Å². The summed E-state index contributed by atoms with van der Waals surface area (Å²) in [6, 6.07) is 9.84. The minimum absolute atomic E-state index is 0.127. The summed E-state index contributed by atoms with van der Waals surface area (Å²) in [5.74, 6) is 1.08. The van der Waals surface area contributed by atoms with Crippen molar-refractivity contribution in [2.45, 2.75) is 11.3 Å². The molecule has 0 spiro atoms. The van der Waals surface area contributed by atoms with Crippen LogP contribution in [0.3, 0.4) is 0 Å². The van der Waals surface area contributed by atoms with Gasteiger partial charge in [0.25, 0.3) is 0 Å². The van der Waals surface area contributed by atoms with E-state index in [0.29, 0.717) is 24.5 Å². The lowest BCUT2D eigenvalue weighted by atomic mass is 10.1. The molecule has 0 N–H and O–H groups in total. The minimum Gasteiger partial charge on any atom is -0.494 e. The van der Waals surface area contributed by atoms with E-state index in [4.69, 9.17) is 14.2 Å². The van der Waals surface area contributed by atoms with Gasteiger partial charge in [0.2, 0.25) is 0 Å². The molecule has 0 bridgehead atoms. The molecular weight excluding hydrogens is 331 g/mol. The molecule has 2 aromatic carbocycles. The van der Waals surface area contributed by atoms with Crippen molar-refractivity contribution < 1.29 is 23.4 Å². The van der Waals surface area contributed by atoms with Crippen LogP contribution in [0.5, 0.6) is 17.2 Å². The topological polar surface area (TPSA) is 44.8 Å². The highest BCUT2D eigenvalue weighted by Crippen LogP contribution is 2.34. The third kappa shape index (κ3) is 3.82. The fourth-order valence-corrected chi connectivity index (χ4v) is 3.12. The summed E-state index contributed by atoms with van der Waals surface area (Å²) >= 11 is 1.38. The summed E-state index contributed by atoms with van der Waals surface area (Å²) in [6.07, 6.45) is 0.846. The normalized spacial score (nSPS) is 13.2. The van der Waals surface area contributed by atoms with Gasteiger partial charge >= 0.3 is 0 Å². The fourth-order valence-electron chi connectivity index (χ4n) is 2.31. The highest BCUT2D eigenvalue weighted by atomic mass is 32.2. The molecule has 126 valence electrons. The van der Waals surface area contributed by atoms with Crippen molar-refractivity contribution in [3.05, 3.63) is 47.8 Å². The average molecular weight is 348 g/mol. The minimum atomic E-state index is -0.538. The Morgan fingerprint density at radius 1 is 1.17 bits per heavy atom. The molecule has 0 saturated carbocycles. The average Bonchev–Trinajstić information content (AvgIpc) is 2.84. The zero-order chi connectivity index (χ0) is 16.9. The van der Waals surface area contributed by atoms with Crippen LogP contribution in [0.1, 0.15) is 16.8 Å². The van der Waals surface area contributed by atoms with E-state index in [1.165, 1.54) is 31.0 Å². The third-order valence-electron chi connectivity index (χ3n) is 3.56. The highest BCUT2D eigenvalue weighted by Gasteiger charge is 2.13. The molecule has 0 aromatic heterocycles. The fraction of sp³-hybridized carbons (Fsp3) is 0.278. The van der Waals surface area contributed by atoms with Gasteiger partial charge in [-0.25, -0.2) is 4.39 Å². The van der Waals surface area contributed by atoms with Crippen molar-refractivity contribution in [2.24, 2.45) is 0 Å².